The largest absolute Gasteiger partial charge is 0.508 e. The van der Waals surface area contributed by atoms with Gasteiger partial charge in [-0.1, -0.05) is 39.8 Å². The summed E-state index contributed by atoms with van der Waals surface area (Å²) in [5, 5.41) is 66.3. The fourth-order valence-corrected chi connectivity index (χ4v) is 6.38. The molecule has 0 saturated heterocycles. The number of amides is 10. The molecule has 0 aliphatic carbocycles. The molecule has 8 atom stereocenters. The Kier molecular flexibility index (Phi) is 26.8. The summed E-state index contributed by atoms with van der Waals surface area (Å²) in [6, 6.07) is -7.36. The second-order valence-corrected chi connectivity index (χ2v) is 17.1. The van der Waals surface area contributed by atoms with Gasteiger partial charge in [-0.25, -0.2) is 4.79 Å². The number of carboxylic acids is 2. The van der Waals surface area contributed by atoms with Crippen molar-refractivity contribution in [2.75, 3.05) is 19.8 Å². The number of nitrogens with one attached hydrogen (secondary N) is 8. The van der Waals surface area contributed by atoms with Crippen LogP contribution >= 0.6 is 0 Å². The Bertz CT molecular complexity index is 2050. The summed E-state index contributed by atoms with van der Waals surface area (Å²) in [6.07, 6.45) is -3.79. The maximum atomic E-state index is 14.0. The number of aliphatic carboxylic acids is 2. The first-order chi connectivity index (χ1) is 33.2. The average molecular weight is 1010 g/mol. The van der Waals surface area contributed by atoms with Crippen LogP contribution in [0.5, 0.6) is 5.75 Å². The van der Waals surface area contributed by atoms with Gasteiger partial charge >= 0.3 is 11.9 Å². The normalized spacial score (nSPS) is 14.4. The van der Waals surface area contributed by atoms with Gasteiger partial charge < -0.3 is 85.3 Å². The summed E-state index contributed by atoms with van der Waals surface area (Å²) in [4.78, 5) is 154. The molecule has 10 amide bonds. The van der Waals surface area contributed by atoms with E-state index < -0.39 is 184 Å². The van der Waals surface area contributed by atoms with E-state index in [0.717, 1.165) is 0 Å². The van der Waals surface area contributed by atoms with Crippen molar-refractivity contribution in [3.05, 3.63) is 29.8 Å². The Labute approximate surface area is 407 Å². The highest BCUT2D eigenvalue weighted by Crippen LogP contribution is 2.13. The molecule has 396 valence electrons. The molecule has 71 heavy (non-hydrogen) atoms. The summed E-state index contributed by atoms with van der Waals surface area (Å²) in [6.45, 7) is 3.90. The summed E-state index contributed by atoms with van der Waals surface area (Å²) in [5.74, 6) is -14.2. The predicted molar refractivity (Wildman–Crippen MR) is 246 cm³/mol. The lowest BCUT2D eigenvalue weighted by molar-refractivity contribution is -0.144. The molecule has 19 N–H and O–H groups in total. The van der Waals surface area contributed by atoms with Crippen molar-refractivity contribution in [3.63, 3.8) is 0 Å². The van der Waals surface area contributed by atoms with Crippen molar-refractivity contribution in [3.8, 4) is 5.75 Å². The van der Waals surface area contributed by atoms with Crippen LogP contribution in [0.3, 0.4) is 0 Å². The van der Waals surface area contributed by atoms with E-state index in [9.17, 15) is 83.1 Å². The van der Waals surface area contributed by atoms with E-state index in [-0.39, 0.29) is 24.5 Å². The average Bonchev–Trinajstić information content (AvgIpc) is 3.29. The molecule has 0 unspecified atom stereocenters. The van der Waals surface area contributed by atoms with E-state index >= 15 is 0 Å². The summed E-state index contributed by atoms with van der Waals surface area (Å²) >= 11 is 0. The van der Waals surface area contributed by atoms with Crippen LogP contribution in [-0.4, -0.2) is 165 Å². The molecular formula is C43H67N11O17. The molecular weight excluding hydrogens is 943 g/mol. The van der Waals surface area contributed by atoms with Gasteiger partial charge in [-0.05, 0) is 55.2 Å². The molecule has 0 bridgehead atoms. The molecule has 1 aromatic carbocycles. The molecule has 0 aliphatic heterocycles. The number of phenolic OH excluding ortho intramolecular Hbond substituents is 1. The first kappa shape index (κ1) is 61.6. The third-order valence-corrected chi connectivity index (χ3v) is 10.3. The monoisotopic (exact) mass is 1010 g/mol. The van der Waals surface area contributed by atoms with Crippen molar-refractivity contribution >= 4 is 71.0 Å². The highest BCUT2D eigenvalue weighted by Gasteiger charge is 2.35. The van der Waals surface area contributed by atoms with E-state index in [0.29, 0.717) is 5.56 Å². The van der Waals surface area contributed by atoms with Gasteiger partial charge in [-0.3, -0.25) is 52.7 Å². The number of nitrogens with two attached hydrogens (primary N) is 3. The first-order valence-electron chi connectivity index (χ1n) is 22.3. The molecule has 28 heteroatoms. The smallest absolute Gasteiger partial charge is 0.326 e. The number of benzene rings is 1. The number of aliphatic hydroxyl groups excluding tert-OH is 2. The number of carbonyl (C=O) groups is 12. The Morgan fingerprint density at radius 3 is 1.41 bits per heavy atom. The number of aliphatic hydroxyl groups is 2. The van der Waals surface area contributed by atoms with Gasteiger partial charge in [-0.15, -0.1) is 0 Å². The molecule has 0 fully saturated rings. The van der Waals surface area contributed by atoms with Gasteiger partial charge in [0.15, 0.2) is 0 Å². The summed E-state index contributed by atoms with van der Waals surface area (Å²) < 4.78 is 0. The van der Waals surface area contributed by atoms with Crippen molar-refractivity contribution in [2.45, 2.75) is 127 Å². The SMILES string of the molecule is CC(C)C[C@H](NC(=O)[C@@H](N)CO)C(=O)NCC(=O)N[C@@H](CCC(=O)O)C(=O)N[C@@H](CCC(N)=O)C(=O)N[C@@H](CCC(N)=O)C(=O)N[C@@H](Cc1ccc(O)cc1)C(=O)N[C@@H](CO)C(=O)N[C@H](C(=O)O)C(C)C. The highest BCUT2D eigenvalue weighted by atomic mass is 16.4. The van der Waals surface area contributed by atoms with Crippen LogP contribution in [0, 0.1) is 11.8 Å². The lowest BCUT2D eigenvalue weighted by atomic mass is 10.0. The molecule has 28 nitrogen and oxygen atoms in total. The Balaban J connectivity index is 3.48. The van der Waals surface area contributed by atoms with Gasteiger partial charge in [0.25, 0.3) is 0 Å². The minimum Gasteiger partial charge on any atom is -0.508 e. The molecule has 0 aromatic heterocycles. The van der Waals surface area contributed by atoms with Gasteiger partial charge in [0, 0.05) is 25.7 Å². The van der Waals surface area contributed by atoms with Gasteiger partial charge in [-0.2, -0.15) is 0 Å². The van der Waals surface area contributed by atoms with Crippen LogP contribution in [-0.2, 0) is 64.0 Å². The van der Waals surface area contributed by atoms with Crippen molar-refractivity contribution < 1.29 is 83.1 Å². The van der Waals surface area contributed by atoms with Gasteiger partial charge in [0.05, 0.1) is 19.8 Å². The van der Waals surface area contributed by atoms with Crippen molar-refractivity contribution in [1.29, 1.82) is 0 Å². The number of carbonyl (C=O) groups excluding carboxylic acids is 10. The van der Waals surface area contributed by atoms with E-state index in [1.54, 1.807) is 13.8 Å². The minimum atomic E-state index is -1.77. The van der Waals surface area contributed by atoms with E-state index in [4.69, 9.17) is 17.2 Å². The molecule has 0 radical (unpaired) electrons. The van der Waals surface area contributed by atoms with Gasteiger partial charge in [0.2, 0.25) is 59.1 Å². The Hall–Kier alpha value is -7.46. The zero-order valence-electron chi connectivity index (χ0n) is 39.7. The summed E-state index contributed by atoms with van der Waals surface area (Å²) in [7, 11) is 0. The third-order valence-electron chi connectivity index (χ3n) is 10.3. The highest BCUT2D eigenvalue weighted by molar-refractivity contribution is 5.98. The van der Waals surface area contributed by atoms with E-state index in [1.807, 2.05) is 0 Å². The van der Waals surface area contributed by atoms with Crippen molar-refractivity contribution in [2.24, 2.45) is 29.0 Å². The molecule has 1 rings (SSSR count). The van der Waals surface area contributed by atoms with Crippen LogP contribution in [0.2, 0.25) is 0 Å². The Morgan fingerprint density at radius 2 is 0.972 bits per heavy atom. The standard InChI is InChI=1S/C43H67N11O17/c1-20(2)15-28(51-36(63)24(44)18-55)37(64)47-17-33(60)48-25(11-14-34(61)62)38(65)49-26(9-12-31(45)58)39(66)50-27(10-13-32(46)59)40(67)52-29(16-22-5-7-23(57)8-6-22)41(68)53-30(19-56)42(69)54-35(21(3)4)43(70)71/h5-8,20-21,24-30,35,55-57H,9-19,44H2,1-4H3,(H2,45,58)(H2,46,59)(H,47,64)(H,48,60)(H,49,65)(H,50,66)(H,51,63)(H,52,67)(H,53,68)(H,54,69)(H,61,62)(H,70,71)/t24-,25-,26-,27-,28-,29-,30-,35-/m0/s1. The van der Waals surface area contributed by atoms with E-state index in [1.165, 1.54) is 38.1 Å². The number of hydrogen-bond acceptors (Lipinski definition) is 16. The molecule has 0 heterocycles. The summed E-state index contributed by atoms with van der Waals surface area (Å²) in [5.41, 5.74) is 16.5. The second kappa shape index (κ2) is 30.9. The second-order valence-electron chi connectivity index (χ2n) is 17.1. The minimum absolute atomic E-state index is 0.0816. The third kappa shape index (κ3) is 23.6. The number of rotatable bonds is 33. The molecule has 0 saturated carbocycles. The number of carboxylic acid groups (broad SMARTS) is 2. The lowest BCUT2D eigenvalue weighted by Gasteiger charge is -2.27. The fraction of sp³-hybridized carbons (Fsp3) is 0.581. The van der Waals surface area contributed by atoms with E-state index in [2.05, 4.69) is 42.5 Å². The zero-order valence-corrected chi connectivity index (χ0v) is 39.7. The predicted octanol–water partition coefficient (Wildman–Crippen LogP) is -6.06. The molecule has 0 aliphatic rings. The zero-order chi connectivity index (χ0) is 54.1. The number of aromatic hydroxyl groups is 1. The van der Waals surface area contributed by atoms with Crippen LogP contribution in [0.4, 0.5) is 0 Å². The van der Waals surface area contributed by atoms with Crippen molar-refractivity contribution in [1.82, 2.24) is 42.5 Å². The quantitative estimate of drug-likeness (QED) is 0.0312. The lowest BCUT2D eigenvalue weighted by Crippen LogP contribution is -2.60. The van der Waals surface area contributed by atoms with Crippen LogP contribution in [0.15, 0.2) is 24.3 Å². The van der Waals surface area contributed by atoms with Gasteiger partial charge in [0.1, 0.15) is 54.1 Å². The van der Waals surface area contributed by atoms with Crippen LogP contribution in [0.1, 0.15) is 78.2 Å². The fourth-order valence-electron chi connectivity index (χ4n) is 6.38. The Morgan fingerprint density at radius 1 is 0.535 bits per heavy atom. The maximum Gasteiger partial charge on any atom is 0.326 e. The molecule has 0 spiro atoms. The van der Waals surface area contributed by atoms with Crippen LogP contribution in [0.25, 0.3) is 0 Å². The maximum absolute atomic E-state index is 14.0. The van der Waals surface area contributed by atoms with Crippen LogP contribution < -0.4 is 59.7 Å². The topological polar surface area (TPSA) is 480 Å². The molecule has 1 aromatic rings. The number of primary amides is 2. The first-order valence-corrected chi connectivity index (χ1v) is 22.3. The number of hydrogen-bond donors (Lipinski definition) is 16. The number of phenols is 1.